The molecule has 0 aromatic heterocycles. The second-order valence-corrected chi connectivity index (χ2v) is 7.55. The lowest BCUT2D eigenvalue weighted by Crippen LogP contribution is -1.93. The second-order valence-electron chi connectivity index (χ2n) is 7.55. The summed E-state index contributed by atoms with van der Waals surface area (Å²) in [6, 6.07) is 0. The number of carboxylic acid groups (broad SMARTS) is 1. The number of carboxylic acids is 1. The molecule has 27 heavy (non-hydrogen) atoms. The van der Waals surface area contributed by atoms with Crippen LogP contribution in [0, 0.1) is 0 Å². The van der Waals surface area contributed by atoms with Crippen LogP contribution in [0.2, 0.25) is 0 Å². The van der Waals surface area contributed by atoms with E-state index in [0.29, 0.717) is 6.42 Å². The fourth-order valence-corrected chi connectivity index (χ4v) is 3.05. The molecule has 0 saturated carbocycles. The maximum atomic E-state index is 10.4. The molecule has 0 aliphatic heterocycles. The maximum Gasteiger partial charge on any atom is 0.303 e. The van der Waals surface area contributed by atoms with E-state index in [1.54, 1.807) is 6.08 Å². The fourth-order valence-electron chi connectivity index (χ4n) is 3.05. The zero-order valence-electron chi connectivity index (χ0n) is 18.5. The van der Waals surface area contributed by atoms with Gasteiger partial charge in [-0.25, -0.2) is 0 Å². The first-order chi connectivity index (χ1) is 13.2. The van der Waals surface area contributed by atoms with Gasteiger partial charge in [0.15, 0.2) is 0 Å². The summed E-state index contributed by atoms with van der Waals surface area (Å²) in [6.45, 7) is 7.52. The lowest BCUT2D eigenvalue weighted by atomic mass is 10.1. The van der Waals surface area contributed by atoms with Crippen LogP contribution >= 0.6 is 0 Å². The number of unbranched alkanes of at least 4 members (excludes halogenated alkanes) is 15. The minimum Gasteiger partial charge on any atom is -0.481 e. The summed E-state index contributed by atoms with van der Waals surface area (Å²) in [6.07, 6.45) is 28.9. The molecular formula is C25H48O2. The van der Waals surface area contributed by atoms with E-state index in [1.807, 2.05) is 6.92 Å². The summed E-state index contributed by atoms with van der Waals surface area (Å²) < 4.78 is 0. The molecule has 0 atom stereocenters. The van der Waals surface area contributed by atoms with Crippen LogP contribution in [0.15, 0.2) is 24.8 Å². The van der Waals surface area contributed by atoms with Gasteiger partial charge in [-0.15, -0.1) is 6.58 Å². The number of carbonyl (C=O) groups is 1. The minimum absolute atomic E-state index is 0.340. The summed E-state index contributed by atoms with van der Waals surface area (Å²) in [4.78, 5) is 10.4. The van der Waals surface area contributed by atoms with Gasteiger partial charge in [0.2, 0.25) is 0 Å². The predicted molar refractivity (Wildman–Crippen MR) is 121 cm³/mol. The van der Waals surface area contributed by atoms with Crippen molar-refractivity contribution in [3.63, 3.8) is 0 Å². The van der Waals surface area contributed by atoms with Crippen LogP contribution in [0.25, 0.3) is 0 Å². The van der Waals surface area contributed by atoms with Gasteiger partial charge >= 0.3 is 5.97 Å². The van der Waals surface area contributed by atoms with E-state index in [-0.39, 0.29) is 0 Å². The monoisotopic (exact) mass is 380 g/mol. The Bertz CT molecular complexity index is 320. The Hall–Kier alpha value is -1.05. The largest absolute Gasteiger partial charge is 0.481 e. The molecule has 0 aliphatic rings. The van der Waals surface area contributed by atoms with Gasteiger partial charge in [0.05, 0.1) is 0 Å². The topological polar surface area (TPSA) is 37.3 Å². The summed E-state index contributed by atoms with van der Waals surface area (Å²) in [5.41, 5.74) is 0. The average molecular weight is 381 g/mol. The zero-order valence-corrected chi connectivity index (χ0v) is 18.5. The first kappa shape index (κ1) is 28.2. The number of rotatable bonds is 19. The predicted octanol–water partition coefficient (Wildman–Crippen LogP) is 8.86. The van der Waals surface area contributed by atoms with Crippen molar-refractivity contribution >= 4 is 5.97 Å². The van der Waals surface area contributed by atoms with Crippen LogP contribution in [0.5, 0.6) is 0 Å². The Morgan fingerprint density at radius 1 is 0.704 bits per heavy atom. The highest BCUT2D eigenvalue weighted by molar-refractivity contribution is 5.66. The molecule has 0 heterocycles. The molecule has 0 saturated heterocycles. The first-order valence-electron chi connectivity index (χ1n) is 11.6. The van der Waals surface area contributed by atoms with Crippen LogP contribution in [-0.4, -0.2) is 11.1 Å². The van der Waals surface area contributed by atoms with Crippen molar-refractivity contribution in [2.24, 2.45) is 0 Å². The Morgan fingerprint density at radius 2 is 1.04 bits per heavy atom. The highest BCUT2D eigenvalue weighted by Gasteiger charge is 1.96. The first-order valence-corrected chi connectivity index (χ1v) is 11.6. The molecule has 0 fully saturated rings. The van der Waals surface area contributed by atoms with Crippen LogP contribution in [0.3, 0.4) is 0 Å². The van der Waals surface area contributed by atoms with Crippen molar-refractivity contribution in [3.8, 4) is 0 Å². The molecule has 160 valence electrons. The minimum atomic E-state index is -0.656. The van der Waals surface area contributed by atoms with E-state index in [9.17, 15) is 4.79 Å². The smallest absolute Gasteiger partial charge is 0.303 e. The van der Waals surface area contributed by atoms with Crippen LogP contribution < -0.4 is 0 Å². The van der Waals surface area contributed by atoms with E-state index >= 15 is 0 Å². The number of hydrogen-bond acceptors (Lipinski definition) is 1. The van der Waals surface area contributed by atoms with Crippen molar-refractivity contribution in [1.29, 1.82) is 0 Å². The van der Waals surface area contributed by atoms with E-state index in [4.69, 9.17) is 5.11 Å². The Balaban J connectivity index is 0. The second kappa shape index (κ2) is 27.2. The highest BCUT2D eigenvalue weighted by atomic mass is 16.4. The lowest BCUT2D eigenvalue weighted by Gasteiger charge is -2.01. The SMILES string of the molecule is C=CC.CCCCCCCCC=CCCCCCCCCCCCC(=O)O. The quantitative estimate of drug-likeness (QED) is 0.179. The zero-order chi connectivity index (χ0) is 20.4. The summed E-state index contributed by atoms with van der Waals surface area (Å²) in [7, 11) is 0. The van der Waals surface area contributed by atoms with Crippen molar-refractivity contribution in [2.75, 3.05) is 0 Å². The summed E-state index contributed by atoms with van der Waals surface area (Å²) in [5, 5.41) is 8.55. The highest BCUT2D eigenvalue weighted by Crippen LogP contribution is 2.12. The van der Waals surface area contributed by atoms with E-state index in [1.165, 1.54) is 96.3 Å². The molecule has 0 aromatic carbocycles. The van der Waals surface area contributed by atoms with Crippen LogP contribution in [0.4, 0.5) is 0 Å². The molecule has 0 amide bonds. The standard InChI is InChI=1S/C22H42O2.C3H6/c1-2-3-4-5-6-7-8-9-10-11-12-13-14-15-16-17-18-19-20-21-22(23)24;1-3-2/h9-10H,2-8,11-21H2,1H3,(H,23,24);3H,1H2,2H3. The van der Waals surface area contributed by atoms with Gasteiger partial charge in [0.1, 0.15) is 0 Å². The van der Waals surface area contributed by atoms with E-state index in [0.717, 1.165) is 12.8 Å². The van der Waals surface area contributed by atoms with Crippen LogP contribution in [0.1, 0.15) is 129 Å². The van der Waals surface area contributed by atoms with Crippen LogP contribution in [-0.2, 0) is 4.79 Å². The lowest BCUT2D eigenvalue weighted by molar-refractivity contribution is -0.137. The third-order valence-electron chi connectivity index (χ3n) is 4.65. The van der Waals surface area contributed by atoms with Gasteiger partial charge < -0.3 is 5.11 Å². The molecule has 1 N–H and O–H groups in total. The molecule has 0 unspecified atom stereocenters. The molecule has 0 aromatic rings. The number of aliphatic carboxylic acids is 1. The van der Waals surface area contributed by atoms with Gasteiger partial charge in [-0.05, 0) is 39.0 Å². The third kappa shape index (κ3) is 33.0. The molecular weight excluding hydrogens is 332 g/mol. The van der Waals surface area contributed by atoms with Gasteiger partial charge in [0, 0.05) is 6.42 Å². The average Bonchev–Trinajstić information content (AvgIpc) is 2.64. The van der Waals surface area contributed by atoms with Crippen molar-refractivity contribution < 1.29 is 9.90 Å². The Kier molecular flexibility index (Phi) is 28.3. The molecule has 0 aliphatic carbocycles. The normalized spacial score (nSPS) is 10.6. The molecule has 0 rings (SSSR count). The third-order valence-corrected chi connectivity index (χ3v) is 4.65. The van der Waals surface area contributed by atoms with E-state index in [2.05, 4.69) is 25.7 Å². The Labute approximate surface area is 170 Å². The maximum absolute atomic E-state index is 10.4. The van der Waals surface area contributed by atoms with Gasteiger partial charge in [-0.1, -0.05) is 102 Å². The molecule has 0 spiro atoms. The van der Waals surface area contributed by atoms with Gasteiger partial charge in [-0.3, -0.25) is 4.79 Å². The number of allylic oxidation sites excluding steroid dienone is 3. The fraction of sp³-hybridized carbons (Fsp3) is 0.800. The van der Waals surface area contributed by atoms with Gasteiger partial charge in [0.25, 0.3) is 0 Å². The van der Waals surface area contributed by atoms with Crippen molar-refractivity contribution in [1.82, 2.24) is 0 Å². The van der Waals surface area contributed by atoms with Crippen molar-refractivity contribution in [2.45, 2.75) is 129 Å². The van der Waals surface area contributed by atoms with Gasteiger partial charge in [-0.2, -0.15) is 0 Å². The van der Waals surface area contributed by atoms with E-state index < -0.39 is 5.97 Å². The summed E-state index contributed by atoms with van der Waals surface area (Å²) >= 11 is 0. The Morgan fingerprint density at radius 3 is 1.41 bits per heavy atom. The van der Waals surface area contributed by atoms with Crippen molar-refractivity contribution in [3.05, 3.63) is 24.8 Å². The summed E-state index contributed by atoms with van der Waals surface area (Å²) in [5.74, 6) is -0.656. The molecule has 0 radical (unpaired) electrons. The molecule has 2 nitrogen and oxygen atoms in total. The molecule has 2 heteroatoms. The number of hydrogen-bond donors (Lipinski definition) is 1. The molecule has 0 bridgehead atoms.